The van der Waals surface area contributed by atoms with Gasteiger partial charge in [-0.15, -0.1) is 0 Å². The van der Waals surface area contributed by atoms with E-state index in [1.165, 1.54) is 42.8 Å². The SMILES string of the molecule is COc1cc2nccc(Oc3ccc(-c4cnc(NCC5CC5)n(C)c4=O)cc3F)c2cc1OC. The third-order valence-electron chi connectivity index (χ3n) is 6.08. The third kappa shape index (κ3) is 4.49. The molecule has 2 aromatic heterocycles. The Morgan fingerprint density at radius 3 is 2.51 bits per heavy atom. The van der Waals surface area contributed by atoms with Crippen molar-refractivity contribution in [2.75, 3.05) is 26.1 Å². The topological polar surface area (TPSA) is 87.5 Å². The molecule has 1 N–H and O–H groups in total. The van der Waals surface area contributed by atoms with E-state index >= 15 is 4.39 Å². The van der Waals surface area contributed by atoms with Crippen LogP contribution in [0.2, 0.25) is 0 Å². The first-order chi connectivity index (χ1) is 17.0. The number of fused-ring (bicyclic) bond motifs is 1. The van der Waals surface area contributed by atoms with Gasteiger partial charge in [0.15, 0.2) is 23.1 Å². The quantitative estimate of drug-likeness (QED) is 0.392. The van der Waals surface area contributed by atoms with Crippen LogP contribution >= 0.6 is 0 Å². The van der Waals surface area contributed by atoms with Gasteiger partial charge in [-0.05, 0) is 48.6 Å². The van der Waals surface area contributed by atoms with E-state index in [9.17, 15) is 4.79 Å². The van der Waals surface area contributed by atoms with Crippen molar-refractivity contribution in [1.29, 1.82) is 0 Å². The lowest BCUT2D eigenvalue weighted by molar-refractivity contribution is 0.355. The van der Waals surface area contributed by atoms with Crippen LogP contribution in [0.3, 0.4) is 0 Å². The normalized spacial score (nSPS) is 13.0. The summed E-state index contributed by atoms with van der Waals surface area (Å²) < 4.78 is 33.1. The number of benzene rings is 2. The van der Waals surface area contributed by atoms with Crippen LogP contribution in [0.15, 0.2) is 53.6 Å². The number of rotatable bonds is 8. The van der Waals surface area contributed by atoms with E-state index < -0.39 is 5.82 Å². The summed E-state index contributed by atoms with van der Waals surface area (Å²) in [7, 11) is 4.73. The highest BCUT2D eigenvalue weighted by Crippen LogP contribution is 2.37. The molecule has 0 spiro atoms. The van der Waals surface area contributed by atoms with Crippen LogP contribution in [0.4, 0.5) is 10.3 Å². The van der Waals surface area contributed by atoms with E-state index in [0.29, 0.717) is 51.1 Å². The average molecular weight is 477 g/mol. The minimum absolute atomic E-state index is 0.0172. The maximum absolute atomic E-state index is 15.1. The lowest BCUT2D eigenvalue weighted by Crippen LogP contribution is -2.24. The predicted octanol–water partition coefficient (Wildman–Crippen LogP) is 4.77. The number of nitrogens with one attached hydrogen (secondary N) is 1. The molecule has 8 nitrogen and oxygen atoms in total. The van der Waals surface area contributed by atoms with E-state index in [-0.39, 0.29) is 11.3 Å². The summed E-state index contributed by atoms with van der Waals surface area (Å²) >= 11 is 0. The molecule has 9 heteroatoms. The lowest BCUT2D eigenvalue weighted by Gasteiger charge is -2.13. The van der Waals surface area contributed by atoms with Crippen molar-refractivity contribution < 1.29 is 18.6 Å². The molecule has 0 aliphatic heterocycles. The molecule has 5 rings (SSSR count). The molecule has 0 bridgehead atoms. The summed E-state index contributed by atoms with van der Waals surface area (Å²) in [5, 5.41) is 3.85. The highest BCUT2D eigenvalue weighted by Gasteiger charge is 2.21. The van der Waals surface area contributed by atoms with E-state index in [2.05, 4.69) is 15.3 Å². The Morgan fingerprint density at radius 1 is 1.03 bits per heavy atom. The predicted molar refractivity (Wildman–Crippen MR) is 131 cm³/mol. The molecule has 0 amide bonds. The van der Waals surface area contributed by atoms with E-state index in [0.717, 1.165) is 6.54 Å². The van der Waals surface area contributed by atoms with Gasteiger partial charge in [0, 0.05) is 37.4 Å². The molecule has 35 heavy (non-hydrogen) atoms. The number of ether oxygens (including phenoxy) is 3. The summed E-state index contributed by atoms with van der Waals surface area (Å²) in [6, 6.07) is 9.52. The second-order valence-corrected chi connectivity index (χ2v) is 8.46. The Balaban J connectivity index is 1.44. The van der Waals surface area contributed by atoms with Crippen LogP contribution in [-0.4, -0.2) is 35.3 Å². The van der Waals surface area contributed by atoms with Crippen LogP contribution < -0.4 is 25.1 Å². The molecule has 1 saturated carbocycles. The zero-order valence-electron chi connectivity index (χ0n) is 19.7. The van der Waals surface area contributed by atoms with Gasteiger partial charge in [0.2, 0.25) is 5.95 Å². The van der Waals surface area contributed by atoms with Gasteiger partial charge in [0.05, 0.1) is 25.3 Å². The smallest absolute Gasteiger partial charge is 0.262 e. The second kappa shape index (κ2) is 9.25. The maximum Gasteiger partial charge on any atom is 0.262 e. The van der Waals surface area contributed by atoms with Crippen LogP contribution in [0.25, 0.3) is 22.0 Å². The molecule has 2 aromatic carbocycles. The summed E-state index contributed by atoms with van der Waals surface area (Å²) in [5.74, 6) is 2.01. The summed E-state index contributed by atoms with van der Waals surface area (Å²) in [6.07, 6.45) is 5.44. The van der Waals surface area contributed by atoms with E-state index in [1.807, 2.05) is 0 Å². The Morgan fingerprint density at radius 2 is 1.80 bits per heavy atom. The average Bonchev–Trinajstić information content (AvgIpc) is 3.70. The molecule has 0 radical (unpaired) electrons. The van der Waals surface area contributed by atoms with Gasteiger partial charge in [-0.1, -0.05) is 6.07 Å². The molecule has 2 heterocycles. The second-order valence-electron chi connectivity index (χ2n) is 8.46. The summed E-state index contributed by atoms with van der Waals surface area (Å²) in [6.45, 7) is 0.794. The number of methoxy groups -OCH3 is 2. The summed E-state index contributed by atoms with van der Waals surface area (Å²) in [5.41, 5.74) is 1.08. The van der Waals surface area contributed by atoms with Crippen LogP contribution in [0.1, 0.15) is 12.8 Å². The highest BCUT2D eigenvalue weighted by molar-refractivity contribution is 5.88. The van der Waals surface area contributed by atoms with Crippen molar-refractivity contribution in [3.8, 4) is 34.1 Å². The Bertz CT molecular complexity index is 1470. The van der Waals surface area contributed by atoms with Crippen molar-refractivity contribution in [2.45, 2.75) is 12.8 Å². The monoisotopic (exact) mass is 476 g/mol. The van der Waals surface area contributed by atoms with Crippen LogP contribution in [0, 0.1) is 11.7 Å². The standard InChI is InChI=1S/C26H25FN4O4/c1-31-25(32)18(14-30-26(31)29-13-15-4-5-15)16-6-7-22(19(27)10-16)35-21-8-9-28-20-12-24(34-3)23(33-2)11-17(20)21/h6-12,14-15H,4-5,13H2,1-3H3,(H,29,30). The molecule has 0 unspecified atom stereocenters. The van der Waals surface area contributed by atoms with E-state index in [4.69, 9.17) is 14.2 Å². The van der Waals surface area contributed by atoms with Crippen LogP contribution in [0.5, 0.6) is 23.0 Å². The first kappa shape index (κ1) is 22.6. The van der Waals surface area contributed by atoms with E-state index in [1.54, 1.807) is 44.6 Å². The molecule has 1 fully saturated rings. The highest BCUT2D eigenvalue weighted by atomic mass is 19.1. The first-order valence-electron chi connectivity index (χ1n) is 11.3. The molecule has 0 atom stereocenters. The van der Waals surface area contributed by atoms with Gasteiger partial charge in [0.25, 0.3) is 5.56 Å². The fourth-order valence-electron chi connectivity index (χ4n) is 3.87. The van der Waals surface area contributed by atoms with Gasteiger partial charge < -0.3 is 19.5 Å². The number of aromatic nitrogens is 3. The first-order valence-corrected chi connectivity index (χ1v) is 11.3. The minimum Gasteiger partial charge on any atom is -0.493 e. The van der Waals surface area contributed by atoms with Gasteiger partial charge in [-0.2, -0.15) is 0 Å². The van der Waals surface area contributed by atoms with Gasteiger partial charge in [-0.3, -0.25) is 14.3 Å². The zero-order valence-corrected chi connectivity index (χ0v) is 19.7. The molecule has 180 valence electrons. The van der Waals surface area contributed by atoms with Gasteiger partial charge in [-0.25, -0.2) is 9.37 Å². The molecular weight excluding hydrogens is 451 g/mol. The van der Waals surface area contributed by atoms with Gasteiger partial charge >= 0.3 is 0 Å². The van der Waals surface area contributed by atoms with Crippen molar-refractivity contribution in [2.24, 2.45) is 13.0 Å². The van der Waals surface area contributed by atoms with Crippen molar-refractivity contribution in [1.82, 2.24) is 14.5 Å². The van der Waals surface area contributed by atoms with Gasteiger partial charge in [0.1, 0.15) is 5.75 Å². The largest absolute Gasteiger partial charge is 0.493 e. The lowest BCUT2D eigenvalue weighted by atomic mass is 10.1. The Hall–Kier alpha value is -4.14. The van der Waals surface area contributed by atoms with Crippen LogP contribution in [-0.2, 0) is 7.05 Å². The summed E-state index contributed by atoms with van der Waals surface area (Å²) in [4.78, 5) is 21.6. The third-order valence-corrected chi connectivity index (χ3v) is 6.08. The molecular formula is C26H25FN4O4. The Kier molecular flexibility index (Phi) is 5.98. The number of halogens is 1. The number of nitrogens with zero attached hydrogens (tertiary/aromatic N) is 3. The molecule has 1 aliphatic carbocycles. The number of hydrogen-bond donors (Lipinski definition) is 1. The fraction of sp³-hybridized carbons (Fsp3) is 0.269. The van der Waals surface area contributed by atoms with Crippen molar-refractivity contribution in [3.63, 3.8) is 0 Å². The Labute approximate surface area is 201 Å². The van der Waals surface area contributed by atoms with Crippen molar-refractivity contribution >= 4 is 16.9 Å². The zero-order chi connectivity index (χ0) is 24.5. The molecule has 4 aromatic rings. The number of pyridine rings is 1. The fourth-order valence-corrected chi connectivity index (χ4v) is 3.87. The van der Waals surface area contributed by atoms with Crippen molar-refractivity contribution in [3.05, 3.63) is 65.0 Å². The maximum atomic E-state index is 15.1. The number of hydrogen-bond acceptors (Lipinski definition) is 7. The molecule has 1 aliphatic rings. The number of anilines is 1. The minimum atomic E-state index is -0.606. The molecule has 0 saturated heterocycles.